The van der Waals surface area contributed by atoms with Crippen LogP contribution in [0.5, 0.6) is 0 Å². The lowest BCUT2D eigenvalue weighted by Gasteiger charge is -1.99. The molecule has 1 aromatic heterocycles. The lowest BCUT2D eigenvalue weighted by molar-refractivity contribution is 0.628. The Balaban J connectivity index is 2.28. The highest BCUT2D eigenvalue weighted by Gasteiger charge is 1.98. The average Bonchev–Trinajstić information content (AvgIpc) is 2.71. The average molecular weight is 204 g/mol. The van der Waals surface area contributed by atoms with E-state index >= 15 is 0 Å². The number of benzene rings is 1. The Labute approximate surface area is 86.1 Å². The summed E-state index contributed by atoms with van der Waals surface area (Å²) in [7, 11) is 0. The van der Waals surface area contributed by atoms with E-state index in [9.17, 15) is 4.39 Å². The first-order chi connectivity index (χ1) is 7.25. The summed E-state index contributed by atoms with van der Waals surface area (Å²) in [5.41, 5.74) is 1.64. The largest absolute Gasteiger partial charge is 0.207 e. The van der Waals surface area contributed by atoms with Crippen molar-refractivity contribution in [1.29, 1.82) is 0 Å². The summed E-state index contributed by atoms with van der Waals surface area (Å²) in [6.45, 7) is 1.84. The van der Waals surface area contributed by atoms with Crippen LogP contribution in [0.3, 0.4) is 0 Å². The summed E-state index contributed by atoms with van der Waals surface area (Å²) < 4.78 is 14.2. The van der Waals surface area contributed by atoms with Crippen LogP contribution in [0.15, 0.2) is 42.0 Å². The van der Waals surface area contributed by atoms with Gasteiger partial charge >= 0.3 is 0 Å². The fourth-order valence-corrected chi connectivity index (χ4v) is 1.17. The molecule has 1 aromatic carbocycles. The second kappa shape index (κ2) is 4.00. The van der Waals surface area contributed by atoms with Gasteiger partial charge < -0.3 is 0 Å². The quantitative estimate of drug-likeness (QED) is 0.698. The smallest absolute Gasteiger partial charge is 0.141 e. The minimum atomic E-state index is -0.254. The molecule has 0 saturated carbocycles. The highest BCUT2D eigenvalue weighted by molar-refractivity contribution is 5.98. The van der Waals surface area contributed by atoms with Gasteiger partial charge in [-0.15, -0.1) is 10.2 Å². The number of halogens is 1. The Morgan fingerprint density at radius 2 is 1.80 bits per heavy atom. The van der Waals surface area contributed by atoms with Gasteiger partial charge in [-0.1, -0.05) is 12.1 Å². The van der Waals surface area contributed by atoms with Crippen LogP contribution in [-0.4, -0.2) is 20.6 Å². The molecule has 0 spiro atoms. The van der Waals surface area contributed by atoms with E-state index in [2.05, 4.69) is 15.3 Å². The van der Waals surface area contributed by atoms with Gasteiger partial charge in [0.05, 0.1) is 5.71 Å². The van der Waals surface area contributed by atoms with Crippen LogP contribution < -0.4 is 0 Å². The summed E-state index contributed by atoms with van der Waals surface area (Å²) in [6, 6.07) is 6.16. The number of aromatic nitrogens is 3. The second-order valence-electron chi connectivity index (χ2n) is 3.03. The van der Waals surface area contributed by atoms with Crippen molar-refractivity contribution in [2.75, 3.05) is 0 Å². The third-order valence-electron chi connectivity index (χ3n) is 1.93. The predicted molar refractivity (Wildman–Crippen MR) is 54.0 cm³/mol. The first kappa shape index (κ1) is 9.51. The van der Waals surface area contributed by atoms with Crippen LogP contribution in [0.1, 0.15) is 12.5 Å². The number of hydrogen-bond donors (Lipinski definition) is 0. The van der Waals surface area contributed by atoms with Gasteiger partial charge in [0.1, 0.15) is 18.5 Å². The van der Waals surface area contributed by atoms with E-state index in [1.165, 1.54) is 29.5 Å². The van der Waals surface area contributed by atoms with E-state index in [4.69, 9.17) is 0 Å². The summed E-state index contributed by atoms with van der Waals surface area (Å²) in [4.78, 5) is 0. The topological polar surface area (TPSA) is 43.1 Å². The Kier molecular flexibility index (Phi) is 2.53. The zero-order chi connectivity index (χ0) is 10.7. The Hall–Kier alpha value is -2.04. The SMILES string of the molecule is CC(=Nn1cnnc1)c1ccc(F)cc1. The number of nitrogens with zero attached hydrogens (tertiary/aromatic N) is 4. The Morgan fingerprint density at radius 1 is 1.20 bits per heavy atom. The highest BCUT2D eigenvalue weighted by atomic mass is 19.1. The molecule has 0 fully saturated rings. The molecule has 1 heterocycles. The van der Waals surface area contributed by atoms with Crippen molar-refractivity contribution >= 4 is 5.71 Å². The van der Waals surface area contributed by atoms with Gasteiger partial charge in [0.25, 0.3) is 0 Å². The summed E-state index contributed by atoms with van der Waals surface area (Å²) in [5, 5.41) is 11.5. The minimum Gasteiger partial charge on any atom is -0.207 e. The molecule has 0 aliphatic rings. The summed E-state index contributed by atoms with van der Waals surface area (Å²) in [5.74, 6) is -0.254. The van der Waals surface area contributed by atoms with Crippen LogP contribution >= 0.6 is 0 Å². The molecule has 2 aromatic rings. The molecule has 5 heteroatoms. The fraction of sp³-hybridized carbons (Fsp3) is 0.100. The molecule has 0 aliphatic carbocycles. The molecular weight excluding hydrogens is 195 g/mol. The molecule has 76 valence electrons. The van der Waals surface area contributed by atoms with Gasteiger partial charge in [-0.25, -0.2) is 9.07 Å². The van der Waals surface area contributed by atoms with Crippen molar-refractivity contribution in [3.63, 3.8) is 0 Å². The molecule has 0 unspecified atom stereocenters. The molecule has 0 radical (unpaired) electrons. The van der Waals surface area contributed by atoms with E-state index in [-0.39, 0.29) is 5.82 Å². The third kappa shape index (κ3) is 2.25. The monoisotopic (exact) mass is 204 g/mol. The van der Waals surface area contributed by atoms with Crippen LogP contribution in [0, 0.1) is 5.82 Å². The maximum absolute atomic E-state index is 12.7. The second-order valence-corrected chi connectivity index (χ2v) is 3.03. The molecule has 0 saturated heterocycles. The van der Waals surface area contributed by atoms with Gasteiger partial charge in [-0.2, -0.15) is 5.10 Å². The van der Waals surface area contributed by atoms with Crippen molar-refractivity contribution in [2.45, 2.75) is 6.92 Å². The molecule has 4 nitrogen and oxygen atoms in total. The van der Waals surface area contributed by atoms with Crippen molar-refractivity contribution in [3.05, 3.63) is 48.3 Å². The lowest BCUT2D eigenvalue weighted by Crippen LogP contribution is -1.98. The Morgan fingerprint density at radius 3 is 2.40 bits per heavy atom. The molecule has 0 amide bonds. The van der Waals surface area contributed by atoms with Crippen LogP contribution in [0.25, 0.3) is 0 Å². The Bertz CT molecular complexity index is 459. The first-order valence-corrected chi connectivity index (χ1v) is 4.42. The summed E-state index contributed by atoms with van der Waals surface area (Å²) in [6.07, 6.45) is 2.99. The first-order valence-electron chi connectivity index (χ1n) is 4.42. The van der Waals surface area contributed by atoms with Crippen molar-refractivity contribution in [1.82, 2.24) is 14.9 Å². The van der Waals surface area contributed by atoms with Gasteiger partial charge in [-0.05, 0) is 24.6 Å². The minimum absolute atomic E-state index is 0.254. The van der Waals surface area contributed by atoms with Gasteiger partial charge in [-0.3, -0.25) is 0 Å². The van der Waals surface area contributed by atoms with Crippen LogP contribution in [0.2, 0.25) is 0 Å². The molecule has 0 N–H and O–H groups in total. The van der Waals surface area contributed by atoms with Crippen LogP contribution in [-0.2, 0) is 0 Å². The molecule has 0 aliphatic heterocycles. The standard InChI is InChI=1S/C10H9FN4/c1-8(14-15-6-12-13-7-15)9-2-4-10(11)5-3-9/h2-7H,1H3. The lowest BCUT2D eigenvalue weighted by atomic mass is 10.1. The molecule has 2 rings (SSSR count). The van der Waals surface area contributed by atoms with E-state index in [1.54, 1.807) is 12.1 Å². The van der Waals surface area contributed by atoms with Gasteiger partial charge in [0.15, 0.2) is 0 Å². The molecule has 15 heavy (non-hydrogen) atoms. The predicted octanol–water partition coefficient (Wildman–Crippen LogP) is 1.69. The number of hydrogen-bond acceptors (Lipinski definition) is 3. The van der Waals surface area contributed by atoms with Crippen LogP contribution in [0.4, 0.5) is 4.39 Å². The third-order valence-corrected chi connectivity index (χ3v) is 1.93. The van der Waals surface area contributed by atoms with E-state index in [0.29, 0.717) is 0 Å². The van der Waals surface area contributed by atoms with E-state index < -0.39 is 0 Å². The maximum atomic E-state index is 12.7. The van der Waals surface area contributed by atoms with E-state index in [1.807, 2.05) is 6.92 Å². The molecule has 0 atom stereocenters. The summed E-state index contributed by atoms with van der Waals surface area (Å²) >= 11 is 0. The normalized spacial score (nSPS) is 11.7. The highest BCUT2D eigenvalue weighted by Crippen LogP contribution is 2.04. The van der Waals surface area contributed by atoms with Crippen molar-refractivity contribution in [2.24, 2.45) is 5.10 Å². The number of rotatable bonds is 2. The van der Waals surface area contributed by atoms with Gasteiger partial charge in [0.2, 0.25) is 0 Å². The van der Waals surface area contributed by atoms with Crippen molar-refractivity contribution < 1.29 is 4.39 Å². The molecular formula is C10H9FN4. The van der Waals surface area contributed by atoms with Crippen molar-refractivity contribution in [3.8, 4) is 0 Å². The zero-order valence-corrected chi connectivity index (χ0v) is 8.13. The van der Waals surface area contributed by atoms with Gasteiger partial charge in [0, 0.05) is 0 Å². The fourth-order valence-electron chi connectivity index (χ4n) is 1.17. The maximum Gasteiger partial charge on any atom is 0.141 e. The molecule has 0 bridgehead atoms. The zero-order valence-electron chi connectivity index (χ0n) is 8.13. The van der Waals surface area contributed by atoms with E-state index in [0.717, 1.165) is 11.3 Å².